The van der Waals surface area contributed by atoms with Crippen molar-refractivity contribution in [3.63, 3.8) is 0 Å². The molecule has 12 heteroatoms. The van der Waals surface area contributed by atoms with Crippen molar-refractivity contribution in [2.24, 2.45) is 0 Å². The van der Waals surface area contributed by atoms with Crippen molar-refractivity contribution in [1.29, 1.82) is 0 Å². The Balaban J connectivity index is 2.07. The Morgan fingerprint density at radius 3 is 2.60 bits per heavy atom. The number of para-hydroxylation sites is 1. The lowest BCUT2D eigenvalue weighted by molar-refractivity contribution is 0.256. The minimum absolute atomic E-state index is 0.00215. The van der Waals surface area contributed by atoms with Crippen LogP contribution < -0.4 is 19.5 Å². The summed E-state index contributed by atoms with van der Waals surface area (Å²) in [4.78, 5) is 24.1. The van der Waals surface area contributed by atoms with Gasteiger partial charge in [0.15, 0.2) is 0 Å². The third kappa shape index (κ3) is 5.46. The van der Waals surface area contributed by atoms with E-state index in [9.17, 15) is 13.2 Å². The normalized spacial score (nSPS) is 10.8. The summed E-state index contributed by atoms with van der Waals surface area (Å²) in [6.07, 6.45) is 1.81. The van der Waals surface area contributed by atoms with Gasteiger partial charge in [-0.25, -0.2) is 9.52 Å². The van der Waals surface area contributed by atoms with Crippen LogP contribution in [0, 0.1) is 6.92 Å². The number of ether oxygens (including phenoxy) is 1. The number of carbonyl (C=O) groups is 1. The van der Waals surface area contributed by atoms with E-state index in [4.69, 9.17) is 4.74 Å². The predicted molar refractivity (Wildman–Crippen MR) is 94.0 cm³/mol. The maximum atomic E-state index is 12.1. The topological polar surface area (TPSA) is 135 Å². The lowest BCUT2D eigenvalue weighted by Crippen LogP contribution is -2.38. The largest absolute Gasteiger partial charge is 0.467 e. The first-order valence-electron chi connectivity index (χ1n) is 6.84. The number of aromatic nitrogens is 3. The minimum Gasteiger partial charge on any atom is -0.467 e. The first kappa shape index (κ1) is 18.7. The summed E-state index contributed by atoms with van der Waals surface area (Å²) in [5, 5.41) is 2.21. The van der Waals surface area contributed by atoms with Gasteiger partial charge in [0.05, 0.1) is 12.8 Å². The van der Waals surface area contributed by atoms with Crippen LogP contribution in [0.2, 0.25) is 0 Å². The van der Waals surface area contributed by atoms with Crippen LogP contribution in [-0.2, 0) is 10.2 Å². The standard InChI is InChI=1S/C13H16N6O4S2/c1-8-14-11(17-13(15-8)23-2)16-12(20)19-25(21,22)18-9-6-4-5-7-10(9)24-3/h4-7,18H,1-3H3,(H2,14,15,16,17,19,20). The number of urea groups is 1. The highest BCUT2D eigenvalue weighted by atomic mass is 32.2. The number of amides is 2. The van der Waals surface area contributed by atoms with Crippen LogP contribution in [0.5, 0.6) is 6.01 Å². The first-order valence-corrected chi connectivity index (χ1v) is 9.55. The number of anilines is 2. The molecule has 1 aromatic carbocycles. The lowest BCUT2D eigenvalue weighted by Gasteiger charge is -2.12. The third-order valence-electron chi connectivity index (χ3n) is 2.71. The van der Waals surface area contributed by atoms with Gasteiger partial charge in [-0.15, -0.1) is 11.8 Å². The summed E-state index contributed by atoms with van der Waals surface area (Å²) in [5.74, 6) is 0.165. The maximum absolute atomic E-state index is 12.1. The molecule has 1 aromatic heterocycles. The van der Waals surface area contributed by atoms with E-state index < -0.39 is 16.2 Å². The van der Waals surface area contributed by atoms with Gasteiger partial charge in [-0.3, -0.25) is 10.0 Å². The molecule has 0 aliphatic rings. The molecule has 3 N–H and O–H groups in total. The second-order valence-electron chi connectivity index (χ2n) is 4.55. The molecule has 25 heavy (non-hydrogen) atoms. The predicted octanol–water partition coefficient (Wildman–Crippen LogP) is 1.39. The number of hydrogen-bond acceptors (Lipinski definition) is 8. The fourth-order valence-corrected chi connectivity index (χ4v) is 3.18. The second-order valence-corrected chi connectivity index (χ2v) is 6.82. The van der Waals surface area contributed by atoms with Gasteiger partial charge in [-0.1, -0.05) is 12.1 Å². The SMILES string of the molecule is COc1nc(C)nc(NC(=O)NS(=O)(=O)Nc2ccccc2SC)n1. The van der Waals surface area contributed by atoms with E-state index in [2.05, 4.69) is 25.0 Å². The summed E-state index contributed by atoms with van der Waals surface area (Å²) in [5.41, 5.74) is 0.355. The number of methoxy groups -OCH3 is 1. The van der Waals surface area contributed by atoms with E-state index in [1.54, 1.807) is 31.2 Å². The Morgan fingerprint density at radius 2 is 1.92 bits per heavy atom. The average Bonchev–Trinajstić information content (AvgIpc) is 2.53. The highest BCUT2D eigenvalue weighted by Gasteiger charge is 2.17. The number of nitrogens with one attached hydrogen (secondary N) is 3. The van der Waals surface area contributed by atoms with Crippen LogP contribution in [0.3, 0.4) is 0 Å². The fourth-order valence-electron chi connectivity index (χ4n) is 1.75. The molecular formula is C13H16N6O4S2. The molecule has 0 saturated heterocycles. The van der Waals surface area contributed by atoms with Crippen LogP contribution in [0.1, 0.15) is 5.82 Å². The minimum atomic E-state index is -4.14. The monoisotopic (exact) mass is 384 g/mol. The van der Waals surface area contributed by atoms with Crippen molar-refractivity contribution in [2.45, 2.75) is 11.8 Å². The first-order chi connectivity index (χ1) is 11.8. The van der Waals surface area contributed by atoms with Crippen molar-refractivity contribution in [2.75, 3.05) is 23.4 Å². The van der Waals surface area contributed by atoms with Crippen LogP contribution in [0.4, 0.5) is 16.4 Å². The molecule has 0 unspecified atom stereocenters. The second kappa shape index (κ2) is 7.98. The van der Waals surface area contributed by atoms with Crippen LogP contribution in [0.25, 0.3) is 0 Å². The number of rotatable bonds is 6. The summed E-state index contributed by atoms with van der Waals surface area (Å²) in [7, 11) is -2.78. The molecule has 1 heterocycles. The van der Waals surface area contributed by atoms with Gasteiger partial charge in [0.2, 0.25) is 5.95 Å². The number of aryl methyl sites for hydroxylation is 1. The molecule has 0 saturated carbocycles. The Hall–Kier alpha value is -2.60. The average molecular weight is 384 g/mol. The van der Waals surface area contributed by atoms with E-state index in [1.165, 1.54) is 18.9 Å². The molecule has 0 fully saturated rings. The van der Waals surface area contributed by atoms with Crippen molar-refractivity contribution in [3.05, 3.63) is 30.1 Å². The number of benzene rings is 1. The zero-order valence-electron chi connectivity index (χ0n) is 13.6. The molecule has 2 amide bonds. The van der Waals surface area contributed by atoms with Crippen LogP contribution in [0.15, 0.2) is 29.2 Å². The zero-order chi connectivity index (χ0) is 18.4. The van der Waals surface area contributed by atoms with Gasteiger partial charge >= 0.3 is 22.3 Å². The molecule has 0 spiro atoms. The highest BCUT2D eigenvalue weighted by molar-refractivity contribution is 7.99. The molecule has 0 radical (unpaired) electrons. The van der Waals surface area contributed by atoms with Gasteiger partial charge in [0.1, 0.15) is 5.82 Å². The van der Waals surface area contributed by atoms with Crippen molar-refractivity contribution in [1.82, 2.24) is 19.7 Å². The Morgan fingerprint density at radius 1 is 1.20 bits per heavy atom. The zero-order valence-corrected chi connectivity index (χ0v) is 15.2. The van der Waals surface area contributed by atoms with E-state index >= 15 is 0 Å². The molecule has 0 aliphatic carbocycles. The van der Waals surface area contributed by atoms with E-state index in [0.717, 1.165) is 0 Å². The maximum Gasteiger partial charge on any atom is 0.336 e. The number of carbonyl (C=O) groups excluding carboxylic acids is 1. The number of nitrogens with zero attached hydrogens (tertiary/aromatic N) is 3. The van der Waals surface area contributed by atoms with Crippen molar-refractivity contribution < 1.29 is 17.9 Å². The summed E-state index contributed by atoms with van der Waals surface area (Å²) < 4.78 is 33.1. The van der Waals surface area contributed by atoms with Gasteiger partial charge in [0, 0.05) is 4.90 Å². The number of hydrogen-bond donors (Lipinski definition) is 3. The third-order valence-corrected chi connectivity index (χ3v) is 4.45. The Kier molecular flexibility index (Phi) is 5.98. The molecule has 0 aliphatic heterocycles. The number of thioether (sulfide) groups is 1. The van der Waals surface area contributed by atoms with E-state index in [1.807, 2.05) is 11.0 Å². The molecule has 2 rings (SSSR count). The summed E-state index contributed by atoms with van der Waals surface area (Å²) in [6.45, 7) is 1.57. The van der Waals surface area contributed by atoms with Crippen molar-refractivity contribution in [3.8, 4) is 6.01 Å². The quantitative estimate of drug-likeness (QED) is 0.636. The molecule has 2 aromatic rings. The van der Waals surface area contributed by atoms with Crippen LogP contribution >= 0.6 is 11.8 Å². The van der Waals surface area contributed by atoms with Crippen molar-refractivity contribution >= 4 is 39.6 Å². The Labute approximate surface area is 149 Å². The van der Waals surface area contributed by atoms with Gasteiger partial charge in [-0.2, -0.15) is 23.4 Å². The lowest BCUT2D eigenvalue weighted by atomic mass is 10.3. The molecular weight excluding hydrogens is 368 g/mol. The van der Waals surface area contributed by atoms with E-state index in [0.29, 0.717) is 16.4 Å². The van der Waals surface area contributed by atoms with Gasteiger partial charge in [0.25, 0.3) is 0 Å². The Bertz CT molecular complexity index is 875. The van der Waals surface area contributed by atoms with Crippen LogP contribution in [-0.4, -0.2) is 42.8 Å². The molecule has 10 nitrogen and oxygen atoms in total. The molecule has 0 atom stereocenters. The fraction of sp³-hybridized carbons (Fsp3) is 0.231. The van der Waals surface area contributed by atoms with E-state index in [-0.39, 0.29) is 12.0 Å². The summed E-state index contributed by atoms with van der Waals surface area (Å²) in [6, 6.07) is 5.77. The molecule has 134 valence electrons. The molecule has 0 bridgehead atoms. The summed E-state index contributed by atoms with van der Waals surface area (Å²) >= 11 is 1.37. The highest BCUT2D eigenvalue weighted by Crippen LogP contribution is 2.25. The smallest absolute Gasteiger partial charge is 0.336 e. The van der Waals surface area contributed by atoms with Gasteiger partial charge in [-0.05, 0) is 25.3 Å². The van der Waals surface area contributed by atoms with Gasteiger partial charge < -0.3 is 4.74 Å².